The Balaban J connectivity index is 2.53. The molecule has 0 bridgehead atoms. The van der Waals surface area contributed by atoms with Crippen molar-refractivity contribution in [2.24, 2.45) is 5.92 Å². The van der Waals surface area contributed by atoms with Gasteiger partial charge in [-0.2, -0.15) is 4.98 Å². The monoisotopic (exact) mass is 195 g/mol. The van der Waals surface area contributed by atoms with Crippen LogP contribution in [0.25, 0.3) is 0 Å². The number of ether oxygens (including phenoxy) is 1. The molecule has 2 N–H and O–H groups in total. The van der Waals surface area contributed by atoms with Crippen LogP contribution in [0.3, 0.4) is 0 Å². The van der Waals surface area contributed by atoms with Crippen molar-refractivity contribution in [1.29, 1.82) is 0 Å². The molecule has 0 unspecified atom stereocenters. The zero-order valence-corrected chi connectivity index (χ0v) is 8.95. The third-order valence-electron chi connectivity index (χ3n) is 1.88. The molecule has 0 fully saturated rings. The zero-order chi connectivity index (χ0) is 10.6. The van der Waals surface area contributed by atoms with Crippen LogP contribution in [0.1, 0.15) is 25.8 Å². The lowest BCUT2D eigenvalue weighted by molar-refractivity contribution is 0.277. The number of aromatic nitrogens is 2. The van der Waals surface area contributed by atoms with Crippen molar-refractivity contribution in [2.75, 3.05) is 12.3 Å². The maximum absolute atomic E-state index is 5.50. The van der Waals surface area contributed by atoms with Crippen LogP contribution >= 0.6 is 0 Å². The van der Waals surface area contributed by atoms with Gasteiger partial charge in [-0.25, -0.2) is 4.98 Å². The zero-order valence-electron chi connectivity index (χ0n) is 8.95. The van der Waals surface area contributed by atoms with Gasteiger partial charge in [-0.1, -0.05) is 13.8 Å². The molecule has 1 aromatic heterocycles. The third-order valence-corrected chi connectivity index (χ3v) is 1.88. The van der Waals surface area contributed by atoms with Gasteiger partial charge in [0.15, 0.2) is 0 Å². The van der Waals surface area contributed by atoms with E-state index in [1.54, 1.807) is 6.20 Å². The molecule has 0 aromatic carbocycles. The summed E-state index contributed by atoms with van der Waals surface area (Å²) in [7, 11) is 0. The molecule has 0 saturated heterocycles. The Morgan fingerprint density at radius 2 is 2.21 bits per heavy atom. The Hall–Kier alpha value is -1.32. The van der Waals surface area contributed by atoms with Gasteiger partial charge in [-0.05, 0) is 19.3 Å². The van der Waals surface area contributed by atoms with Gasteiger partial charge in [0.25, 0.3) is 0 Å². The van der Waals surface area contributed by atoms with Crippen molar-refractivity contribution in [3.8, 4) is 5.88 Å². The van der Waals surface area contributed by atoms with Crippen LogP contribution in [0.15, 0.2) is 6.20 Å². The number of hydrogen-bond acceptors (Lipinski definition) is 4. The first-order chi connectivity index (χ1) is 6.59. The van der Waals surface area contributed by atoms with Crippen molar-refractivity contribution in [1.82, 2.24) is 9.97 Å². The third kappa shape index (κ3) is 3.20. The molecule has 0 radical (unpaired) electrons. The fraction of sp³-hybridized carbons (Fsp3) is 0.600. The van der Waals surface area contributed by atoms with Gasteiger partial charge in [0.2, 0.25) is 11.8 Å². The topological polar surface area (TPSA) is 61.0 Å². The van der Waals surface area contributed by atoms with Crippen LogP contribution in [-0.4, -0.2) is 16.6 Å². The predicted molar refractivity (Wildman–Crippen MR) is 56.1 cm³/mol. The summed E-state index contributed by atoms with van der Waals surface area (Å²) in [5.41, 5.74) is 6.38. The van der Waals surface area contributed by atoms with Crippen molar-refractivity contribution < 1.29 is 4.74 Å². The van der Waals surface area contributed by atoms with Gasteiger partial charge >= 0.3 is 0 Å². The maximum Gasteiger partial charge on any atom is 0.223 e. The van der Waals surface area contributed by atoms with Crippen molar-refractivity contribution in [3.05, 3.63) is 11.8 Å². The molecular formula is C10H17N3O. The number of rotatable bonds is 4. The SMILES string of the molecule is Cc1cnc(N)nc1OCCC(C)C. The summed E-state index contributed by atoms with van der Waals surface area (Å²) in [4.78, 5) is 7.88. The Labute approximate surface area is 84.5 Å². The molecule has 0 atom stereocenters. The lowest BCUT2D eigenvalue weighted by Gasteiger charge is -2.09. The van der Waals surface area contributed by atoms with E-state index in [1.165, 1.54) is 0 Å². The second-order valence-corrected chi connectivity index (χ2v) is 3.75. The Kier molecular flexibility index (Phi) is 3.68. The Morgan fingerprint density at radius 3 is 2.86 bits per heavy atom. The van der Waals surface area contributed by atoms with E-state index in [-0.39, 0.29) is 5.95 Å². The first-order valence-corrected chi connectivity index (χ1v) is 4.81. The molecule has 1 rings (SSSR count). The van der Waals surface area contributed by atoms with Crippen LogP contribution in [-0.2, 0) is 0 Å². The highest BCUT2D eigenvalue weighted by atomic mass is 16.5. The fourth-order valence-corrected chi connectivity index (χ4v) is 0.977. The number of nitrogens with zero attached hydrogens (tertiary/aromatic N) is 2. The molecule has 4 heteroatoms. The van der Waals surface area contributed by atoms with Gasteiger partial charge in [0.1, 0.15) is 0 Å². The Morgan fingerprint density at radius 1 is 1.50 bits per heavy atom. The van der Waals surface area contributed by atoms with Crippen molar-refractivity contribution in [3.63, 3.8) is 0 Å². The molecule has 0 aliphatic carbocycles. The summed E-state index contributed by atoms with van der Waals surface area (Å²) < 4.78 is 5.50. The highest BCUT2D eigenvalue weighted by Crippen LogP contribution is 2.14. The average Bonchev–Trinajstić information content (AvgIpc) is 2.10. The standard InChI is InChI=1S/C10H17N3O/c1-7(2)4-5-14-9-8(3)6-12-10(11)13-9/h6-7H,4-5H2,1-3H3,(H2,11,12,13). The molecule has 1 heterocycles. The Bertz CT molecular complexity index is 299. The first kappa shape index (κ1) is 10.8. The van der Waals surface area contributed by atoms with Crippen LogP contribution in [0.4, 0.5) is 5.95 Å². The van der Waals surface area contributed by atoms with Gasteiger partial charge in [0.05, 0.1) is 6.61 Å². The number of anilines is 1. The quantitative estimate of drug-likeness (QED) is 0.795. The summed E-state index contributed by atoms with van der Waals surface area (Å²) in [5.74, 6) is 1.49. The second-order valence-electron chi connectivity index (χ2n) is 3.75. The average molecular weight is 195 g/mol. The van der Waals surface area contributed by atoms with E-state index in [1.807, 2.05) is 6.92 Å². The van der Waals surface area contributed by atoms with E-state index in [4.69, 9.17) is 10.5 Å². The van der Waals surface area contributed by atoms with Crippen molar-refractivity contribution >= 4 is 5.95 Å². The molecular weight excluding hydrogens is 178 g/mol. The predicted octanol–water partition coefficient (Wildman–Crippen LogP) is 1.79. The molecule has 0 aliphatic rings. The molecule has 0 spiro atoms. The molecule has 1 aromatic rings. The number of hydrogen-bond donors (Lipinski definition) is 1. The minimum atomic E-state index is 0.259. The van der Waals surface area contributed by atoms with Gasteiger partial charge < -0.3 is 10.5 Å². The second kappa shape index (κ2) is 4.79. The van der Waals surface area contributed by atoms with E-state index in [2.05, 4.69) is 23.8 Å². The molecule has 78 valence electrons. The molecule has 14 heavy (non-hydrogen) atoms. The van der Waals surface area contributed by atoms with Crippen LogP contribution in [0.5, 0.6) is 5.88 Å². The van der Waals surface area contributed by atoms with E-state index in [9.17, 15) is 0 Å². The van der Waals surface area contributed by atoms with Crippen molar-refractivity contribution in [2.45, 2.75) is 27.2 Å². The van der Waals surface area contributed by atoms with Gasteiger partial charge in [0, 0.05) is 11.8 Å². The summed E-state index contributed by atoms with van der Waals surface area (Å²) >= 11 is 0. The van der Waals surface area contributed by atoms with E-state index >= 15 is 0 Å². The first-order valence-electron chi connectivity index (χ1n) is 4.81. The maximum atomic E-state index is 5.50. The van der Waals surface area contributed by atoms with E-state index < -0.39 is 0 Å². The molecule has 0 amide bonds. The fourth-order valence-electron chi connectivity index (χ4n) is 0.977. The molecule has 0 saturated carbocycles. The summed E-state index contributed by atoms with van der Waals surface area (Å²) in [6.07, 6.45) is 2.69. The molecule has 4 nitrogen and oxygen atoms in total. The summed E-state index contributed by atoms with van der Waals surface area (Å²) in [6.45, 7) is 6.90. The van der Waals surface area contributed by atoms with Crippen LogP contribution in [0, 0.1) is 12.8 Å². The number of nitrogens with two attached hydrogens (primary N) is 1. The smallest absolute Gasteiger partial charge is 0.223 e. The normalized spacial score (nSPS) is 10.6. The van der Waals surface area contributed by atoms with Gasteiger partial charge in [-0.3, -0.25) is 0 Å². The lowest BCUT2D eigenvalue weighted by Crippen LogP contribution is -2.06. The lowest BCUT2D eigenvalue weighted by atomic mass is 10.1. The molecule has 0 aliphatic heterocycles. The van der Waals surface area contributed by atoms with Gasteiger partial charge in [-0.15, -0.1) is 0 Å². The summed E-state index contributed by atoms with van der Waals surface area (Å²) in [6, 6.07) is 0. The van der Waals surface area contributed by atoms with Crippen LogP contribution in [0.2, 0.25) is 0 Å². The number of nitrogen functional groups attached to an aromatic ring is 1. The minimum absolute atomic E-state index is 0.259. The van der Waals surface area contributed by atoms with Crippen LogP contribution < -0.4 is 10.5 Å². The van der Waals surface area contributed by atoms with E-state index in [0.29, 0.717) is 18.4 Å². The minimum Gasteiger partial charge on any atom is -0.477 e. The highest BCUT2D eigenvalue weighted by molar-refractivity contribution is 5.28. The largest absolute Gasteiger partial charge is 0.477 e. The highest BCUT2D eigenvalue weighted by Gasteiger charge is 2.03. The number of aryl methyl sites for hydroxylation is 1. The summed E-state index contributed by atoms with van der Waals surface area (Å²) in [5, 5.41) is 0. The van der Waals surface area contributed by atoms with E-state index in [0.717, 1.165) is 12.0 Å².